The van der Waals surface area contributed by atoms with Crippen molar-refractivity contribution in [3.63, 3.8) is 0 Å². The number of nitrogens with zero attached hydrogens (tertiary/aromatic N) is 2. The first-order chi connectivity index (χ1) is 12.4. The van der Waals surface area contributed by atoms with Crippen molar-refractivity contribution in [2.75, 3.05) is 18.1 Å². The SMILES string of the molecule is CS(=O)(=O)N1CCC[C@H]1C(=O)Nc1sccc1-c1nc2ccccc2s1. The Bertz CT molecular complexity index is 1040. The fourth-order valence-corrected chi connectivity index (χ4v) is 6.13. The molecule has 4 rings (SSSR count). The number of anilines is 1. The summed E-state index contributed by atoms with van der Waals surface area (Å²) in [5.74, 6) is -0.280. The fraction of sp³-hybridized carbons (Fsp3) is 0.294. The molecule has 1 aliphatic rings. The molecule has 0 spiro atoms. The lowest BCUT2D eigenvalue weighted by Gasteiger charge is -2.21. The van der Waals surface area contributed by atoms with E-state index in [0.29, 0.717) is 24.4 Å². The van der Waals surface area contributed by atoms with Gasteiger partial charge in [-0.05, 0) is 36.4 Å². The molecule has 0 saturated carbocycles. The molecule has 9 heteroatoms. The Morgan fingerprint density at radius 3 is 2.88 bits per heavy atom. The minimum absolute atomic E-state index is 0.280. The van der Waals surface area contributed by atoms with E-state index in [-0.39, 0.29) is 5.91 Å². The van der Waals surface area contributed by atoms with Gasteiger partial charge in [-0.25, -0.2) is 13.4 Å². The number of hydrogen-bond acceptors (Lipinski definition) is 6. The van der Waals surface area contributed by atoms with Gasteiger partial charge < -0.3 is 5.32 Å². The number of carbonyl (C=O) groups is 1. The van der Waals surface area contributed by atoms with Gasteiger partial charge in [0.15, 0.2) is 0 Å². The fourth-order valence-electron chi connectivity index (χ4n) is 3.16. The first kappa shape index (κ1) is 17.6. The molecule has 0 aliphatic carbocycles. The highest BCUT2D eigenvalue weighted by Crippen LogP contribution is 2.38. The van der Waals surface area contributed by atoms with Crippen LogP contribution >= 0.6 is 22.7 Å². The minimum atomic E-state index is -3.39. The molecule has 1 aromatic carbocycles. The largest absolute Gasteiger partial charge is 0.316 e. The van der Waals surface area contributed by atoms with E-state index in [1.54, 1.807) is 11.3 Å². The van der Waals surface area contributed by atoms with Crippen LogP contribution in [0.5, 0.6) is 0 Å². The third kappa shape index (κ3) is 3.27. The van der Waals surface area contributed by atoms with Crippen LogP contribution in [0.4, 0.5) is 5.00 Å². The smallest absolute Gasteiger partial charge is 0.243 e. The van der Waals surface area contributed by atoms with E-state index in [1.807, 2.05) is 35.7 Å². The van der Waals surface area contributed by atoms with E-state index in [9.17, 15) is 13.2 Å². The number of rotatable bonds is 4. The molecule has 0 radical (unpaired) electrons. The lowest BCUT2D eigenvalue weighted by molar-refractivity contribution is -0.119. The summed E-state index contributed by atoms with van der Waals surface area (Å²) in [5.41, 5.74) is 1.79. The number of benzene rings is 1. The molecule has 0 bridgehead atoms. The highest BCUT2D eigenvalue weighted by atomic mass is 32.2. The van der Waals surface area contributed by atoms with Gasteiger partial charge >= 0.3 is 0 Å². The standard InChI is InChI=1S/C17H17N3O3S3/c1-26(22,23)20-9-4-6-13(20)15(21)19-16-11(8-10-24-16)17-18-12-5-2-3-7-14(12)25-17/h2-3,5,7-8,10,13H,4,6,9H2,1H3,(H,19,21)/t13-/m0/s1. The van der Waals surface area contributed by atoms with Crippen molar-refractivity contribution < 1.29 is 13.2 Å². The molecule has 6 nitrogen and oxygen atoms in total. The van der Waals surface area contributed by atoms with Crippen molar-refractivity contribution in [3.05, 3.63) is 35.7 Å². The highest BCUT2D eigenvalue weighted by Gasteiger charge is 2.36. The van der Waals surface area contributed by atoms with Gasteiger partial charge in [-0.1, -0.05) is 12.1 Å². The van der Waals surface area contributed by atoms with Gasteiger partial charge in [0, 0.05) is 12.1 Å². The van der Waals surface area contributed by atoms with Crippen molar-refractivity contribution in [2.45, 2.75) is 18.9 Å². The van der Waals surface area contributed by atoms with Crippen LogP contribution in [0.15, 0.2) is 35.7 Å². The van der Waals surface area contributed by atoms with E-state index in [2.05, 4.69) is 10.3 Å². The minimum Gasteiger partial charge on any atom is -0.316 e. The molecule has 1 N–H and O–H groups in total. The van der Waals surface area contributed by atoms with Crippen LogP contribution in [-0.2, 0) is 14.8 Å². The maximum Gasteiger partial charge on any atom is 0.243 e. The number of hydrogen-bond donors (Lipinski definition) is 1. The normalized spacial score (nSPS) is 18.4. The second-order valence-corrected chi connectivity index (χ2v) is 10.1. The molecule has 1 fully saturated rings. The number of para-hydroxylation sites is 1. The Hall–Kier alpha value is -1.81. The molecular formula is C17H17N3O3S3. The van der Waals surface area contributed by atoms with E-state index < -0.39 is 16.1 Å². The molecular weight excluding hydrogens is 390 g/mol. The van der Waals surface area contributed by atoms with Gasteiger partial charge in [0.25, 0.3) is 0 Å². The Morgan fingerprint density at radius 1 is 1.31 bits per heavy atom. The van der Waals surface area contributed by atoms with Gasteiger partial charge in [0.05, 0.1) is 16.5 Å². The van der Waals surface area contributed by atoms with Crippen molar-refractivity contribution in [2.24, 2.45) is 0 Å². The summed E-state index contributed by atoms with van der Waals surface area (Å²) in [5, 5.41) is 6.37. The van der Waals surface area contributed by atoms with E-state index in [1.165, 1.54) is 15.6 Å². The van der Waals surface area contributed by atoms with Gasteiger partial charge in [-0.3, -0.25) is 4.79 Å². The number of thiophene rings is 1. The summed E-state index contributed by atoms with van der Waals surface area (Å²) in [7, 11) is -3.39. The van der Waals surface area contributed by atoms with Gasteiger partial charge in [0.1, 0.15) is 16.1 Å². The predicted octanol–water partition coefficient (Wildman–Crippen LogP) is 3.39. The van der Waals surface area contributed by atoms with Crippen molar-refractivity contribution in [1.29, 1.82) is 0 Å². The molecule has 3 aromatic rings. The molecule has 2 aromatic heterocycles. The lowest BCUT2D eigenvalue weighted by atomic mass is 10.2. The third-order valence-electron chi connectivity index (χ3n) is 4.36. The maximum absolute atomic E-state index is 12.7. The van der Waals surface area contributed by atoms with Crippen LogP contribution in [0, 0.1) is 0 Å². The Morgan fingerprint density at radius 2 is 2.12 bits per heavy atom. The number of carbonyl (C=O) groups excluding carboxylic acids is 1. The quantitative estimate of drug-likeness (QED) is 0.719. The maximum atomic E-state index is 12.7. The van der Waals surface area contributed by atoms with Gasteiger partial charge in [0.2, 0.25) is 15.9 Å². The second kappa shape index (κ2) is 6.73. The number of nitrogens with one attached hydrogen (secondary N) is 1. The molecule has 1 saturated heterocycles. The number of aromatic nitrogens is 1. The number of thiazole rings is 1. The predicted molar refractivity (Wildman–Crippen MR) is 106 cm³/mol. The van der Waals surface area contributed by atoms with Crippen molar-refractivity contribution in [1.82, 2.24) is 9.29 Å². The van der Waals surface area contributed by atoms with E-state index >= 15 is 0 Å². The molecule has 0 unspecified atom stereocenters. The molecule has 1 aliphatic heterocycles. The molecule has 26 heavy (non-hydrogen) atoms. The number of sulfonamides is 1. The molecule has 1 amide bonds. The van der Waals surface area contributed by atoms with Crippen LogP contribution in [0.25, 0.3) is 20.8 Å². The first-order valence-corrected chi connectivity index (χ1v) is 11.7. The van der Waals surface area contributed by atoms with Crippen LogP contribution < -0.4 is 5.32 Å². The Labute approximate surface area is 159 Å². The number of fused-ring (bicyclic) bond motifs is 1. The van der Waals surface area contributed by atoms with Gasteiger partial charge in [-0.2, -0.15) is 4.31 Å². The van der Waals surface area contributed by atoms with Crippen LogP contribution in [0.3, 0.4) is 0 Å². The third-order valence-corrected chi connectivity index (χ3v) is 7.55. The summed E-state index contributed by atoms with van der Waals surface area (Å²) in [6, 6.07) is 9.19. The summed E-state index contributed by atoms with van der Waals surface area (Å²) in [4.78, 5) is 17.3. The summed E-state index contributed by atoms with van der Waals surface area (Å²) < 4.78 is 26.1. The Balaban J connectivity index is 1.60. The van der Waals surface area contributed by atoms with E-state index in [0.717, 1.165) is 27.0 Å². The summed E-state index contributed by atoms with van der Waals surface area (Å²) >= 11 is 2.99. The lowest BCUT2D eigenvalue weighted by Crippen LogP contribution is -2.42. The summed E-state index contributed by atoms with van der Waals surface area (Å²) in [6.07, 6.45) is 2.39. The molecule has 3 heterocycles. The molecule has 1 atom stereocenters. The van der Waals surface area contributed by atoms with E-state index in [4.69, 9.17) is 0 Å². The first-order valence-electron chi connectivity index (χ1n) is 8.14. The van der Waals surface area contributed by atoms with Crippen LogP contribution in [0.1, 0.15) is 12.8 Å². The van der Waals surface area contributed by atoms with Crippen molar-refractivity contribution >= 4 is 53.8 Å². The monoisotopic (exact) mass is 407 g/mol. The zero-order valence-corrected chi connectivity index (χ0v) is 16.5. The zero-order chi connectivity index (χ0) is 18.3. The highest BCUT2D eigenvalue weighted by molar-refractivity contribution is 7.88. The molecule has 136 valence electrons. The number of amides is 1. The second-order valence-electron chi connectivity index (χ2n) is 6.17. The zero-order valence-electron chi connectivity index (χ0n) is 14.0. The van der Waals surface area contributed by atoms with Crippen molar-refractivity contribution in [3.8, 4) is 10.6 Å². The van der Waals surface area contributed by atoms with Crippen LogP contribution in [0.2, 0.25) is 0 Å². The Kier molecular flexibility index (Phi) is 4.55. The summed E-state index contributed by atoms with van der Waals surface area (Å²) in [6.45, 7) is 0.395. The van der Waals surface area contributed by atoms with Crippen LogP contribution in [-0.4, -0.2) is 42.5 Å². The van der Waals surface area contributed by atoms with Gasteiger partial charge in [-0.15, -0.1) is 22.7 Å². The topological polar surface area (TPSA) is 79.4 Å². The average Bonchev–Trinajstić information content (AvgIpc) is 3.32. The average molecular weight is 408 g/mol.